The van der Waals surface area contributed by atoms with Gasteiger partial charge in [0, 0.05) is 54.6 Å². The Hall–Kier alpha value is -4.73. The van der Waals surface area contributed by atoms with Crippen LogP contribution in [0.1, 0.15) is 0 Å². The molecule has 0 aliphatic carbocycles. The predicted octanol–water partition coefficient (Wildman–Crippen LogP) is 9.88. The molecule has 178 valence electrons. The minimum Gasteiger partial charge on any atom is -0.309 e. The van der Waals surface area contributed by atoms with Gasteiger partial charge in [-0.3, -0.25) is 4.98 Å². The first-order valence-electron chi connectivity index (χ1n) is 12.8. The summed E-state index contributed by atoms with van der Waals surface area (Å²) in [5.74, 6) is 0. The molecule has 3 heterocycles. The van der Waals surface area contributed by atoms with E-state index in [-0.39, 0.29) is 0 Å². The molecular formula is C35H22N2S. The monoisotopic (exact) mass is 502 g/mol. The van der Waals surface area contributed by atoms with Crippen molar-refractivity contribution < 1.29 is 0 Å². The Kier molecular flexibility index (Phi) is 4.73. The zero-order valence-electron chi connectivity index (χ0n) is 20.5. The van der Waals surface area contributed by atoms with Crippen LogP contribution in [0.4, 0.5) is 0 Å². The molecule has 8 rings (SSSR count). The van der Waals surface area contributed by atoms with Gasteiger partial charge in [0.1, 0.15) is 0 Å². The highest BCUT2D eigenvalue weighted by molar-refractivity contribution is 7.25. The van der Waals surface area contributed by atoms with Crippen LogP contribution in [0.2, 0.25) is 0 Å². The summed E-state index contributed by atoms with van der Waals surface area (Å²) in [7, 11) is 0. The molecule has 0 unspecified atom stereocenters. The molecule has 0 spiro atoms. The van der Waals surface area contributed by atoms with Gasteiger partial charge in [-0.2, -0.15) is 0 Å². The first-order chi connectivity index (χ1) is 18.8. The van der Waals surface area contributed by atoms with E-state index in [1.807, 2.05) is 29.8 Å². The van der Waals surface area contributed by atoms with Crippen molar-refractivity contribution in [3.8, 4) is 27.9 Å². The SMILES string of the molecule is c1ccc(-c2ccc3c4cc(-c5cccnc5)ccc4n(-c4ccc5sc6ccccc6c5c4)c3c2)cc1. The van der Waals surface area contributed by atoms with Crippen LogP contribution < -0.4 is 0 Å². The van der Waals surface area contributed by atoms with Gasteiger partial charge in [-0.1, -0.05) is 72.8 Å². The molecule has 0 aliphatic rings. The van der Waals surface area contributed by atoms with Crippen LogP contribution in [0.25, 0.3) is 69.9 Å². The quantitative estimate of drug-likeness (QED) is 0.235. The second-order valence-corrected chi connectivity index (χ2v) is 10.8. The molecule has 0 radical (unpaired) electrons. The van der Waals surface area contributed by atoms with E-state index in [4.69, 9.17) is 0 Å². The summed E-state index contributed by atoms with van der Waals surface area (Å²) in [6.07, 6.45) is 3.76. The van der Waals surface area contributed by atoms with Gasteiger partial charge in [0.05, 0.1) is 11.0 Å². The van der Waals surface area contributed by atoms with Gasteiger partial charge < -0.3 is 4.57 Å². The van der Waals surface area contributed by atoms with Crippen LogP contribution in [0.5, 0.6) is 0 Å². The van der Waals surface area contributed by atoms with E-state index in [1.165, 1.54) is 64.4 Å². The minimum atomic E-state index is 1.13. The highest BCUT2D eigenvalue weighted by Crippen LogP contribution is 2.39. The summed E-state index contributed by atoms with van der Waals surface area (Å²) < 4.78 is 5.07. The highest BCUT2D eigenvalue weighted by atomic mass is 32.1. The molecule has 8 aromatic rings. The van der Waals surface area contributed by atoms with Crippen molar-refractivity contribution in [3.05, 3.63) is 134 Å². The molecule has 0 atom stereocenters. The van der Waals surface area contributed by atoms with Gasteiger partial charge in [-0.15, -0.1) is 11.3 Å². The van der Waals surface area contributed by atoms with E-state index in [0.29, 0.717) is 0 Å². The van der Waals surface area contributed by atoms with Gasteiger partial charge >= 0.3 is 0 Å². The van der Waals surface area contributed by atoms with Crippen LogP contribution in [-0.4, -0.2) is 9.55 Å². The average molecular weight is 503 g/mol. The number of pyridine rings is 1. The van der Waals surface area contributed by atoms with Crippen molar-refractivity contribution >= 4 is 53.3 Å². The Labute approximate surface area is 224 Å². The van der Waals surface area contributed by atoms with Gasteiger partial charge in [0.25, 0.3) is 0 Å². The van der Waals surface area contributed by atoms with Crippen LogP contribution in [0.3, 0.4) is 0 Å². The lowest BCUT2D eigenvalue weighted by molar-refractivity contribution is 1.19. The lowest BCUT2D eigenvalue weighted by Gasteiger charge is -2.10. The zero-order valence-corrected chi connectivity index (χ0v) is 21.3. The van der Waals surface area contributed by atoms with E-state index >= 15 is 0 Å². The Balaban J connectivity index is 1.44. The number of hydrogen-bond donors (Lipinski definition) is 0. The van der Waals surface area contributed by atoms with Crippen LogP contribution >= 0.6 is 11.3 Å². The molecule has 0 fully saturated rings. The summed E-state index contributed by atoms with van der Waals surface area (Å²) in [6, 6.07) is 44.0. The first kappa shape index (κ1) is 21.4. The van der Waals surface area contributed by atoms with E-state index in [2.05, 4.69) is 125 Å². The largest absolute Gasteiger partial charge is 0.309 e. The van der Waals surface area contributed by atoms with Crippen molar-refractivity contribution in [1.82, 2.24) is 9.55 Å². The van der Waals surface area contributed by atoms with Crippen LogP contribution in [0.15, 0.2) is 134 Å². The third-order valence-corrected chi connectivity index (χ3v) is 8.64. The summed E-state index contributed by atoms with van der Waals surface area (Å²) >= 11 is 1.86. The number of rotatable bonds is 3. The minimum absolute atomic E-state index is 1.13. The topological polar surface area (TPSA) is 17.8 Å². The second-order valence-electron chi connectivity index (χ2n) is 9.69. The lowest BCUT2D eigenvalue weighted by atomic mass is 10.0. The number of nitrogens with zero attached hydrogens (tertiary/aromatic N) is 2. The Morgan fingerprint density at radius 2 is 1.26 bits per heavy atom. The van der Waals surface area contributed by atoms with Crippen molar-refractivity contribution in [2.45, 2.75) is 0 Å². The summed E-state index contributed by atoms with van der Waals surface area (Å²) in [4.78, 5) is 4.35. The van der Waals surface area contributed by atoms with Gasteiger partial charge in [-0.25, -0.2) is 0 Å². The highest BCUT2D eigenvalue weighted by Gasteiger charge is 2.16. The number of aromatic nitrogens is 2. The molecule has 0 saturated carbocycles. The van der Waals surface area contributed by atoms with Crippen molar-refractivity contribution in [2.24, 2.45) is 0 Å². The van der Waals surface area contributed by atoms with Crippen molar-refractivity contribution in [1.29, 1.82) is 0 Å². The molecule has 0 saturated heterocycles. The molecule has 0 amide bonds. The standard InChI is InChI=1S/C35H22N2S/c1-2-7-23(8-3-1)25-12-15-28-30-19-24(26-9-6-18-36-22-26)13-16-32(30)37(33(28)20-25)27-14-17-35-31(21-27)29-10-4-5-11-34(29)38-35/h1-22H. The fourth-order valence-corrected chi connectivity index (χ4v) is 6.76. The maximum atomic E-state index is 4.35. The molecule has 2 nitrogen and oxygen atoms in total. The lowest BCUT2D eigenvalue weighted by Crippen LogP contribution is -1.94. The molecule has 38 heavy (non-hydrogen) atoms. The molecule has 0 bridgehead atoms. The van der Waals surface area contributed by atoms with E-state index in [9.17, 15) is 0 Å². The fraction of sp³-hybridized carbons (Fsp3) is 0. The van der Waals surface area contributed by atoms with Crippen molar-refractivity contribution in [2.75, 3.05) is 0 Å². The van der Waals surface area contributed by atoms with Crippen LogP contribution in [0, 0.1) is 0 Å². The number of fused-ring (bicyclic) bond motifs is 6. The average Bonchev–Trinajstić information content (AvgIpc) is 3.52. The number of hydrogen-bond acceptors (Lipinski definition) is 2. The molecule has 3 aromatic heterocycles. The smallest absolute Gasteiger partial charge is 0.0547 e. The maximum absolute atomic E-state index is 4.35. The summed E-state index contributed by atoms with van der Waals surface area (Å²) in [6.45, 7) is 0. The normalized spacial score (nSPS) is 11.7. The Morgan fingerprint density at radius 3 is 2.16 bits per heavy atom. The Morgan fingerprint density at radius 1 is 0.474 bits per heavy atom. The van der Waals surface area contributed by atoms with E-state index in [1.54, 1.807) is 0 Å². The molecular weight excluding hydrogens is 480 g/mol. The van der Waals surface area contributed by atoms with E-state index < -0.39 is 0 Å². The zero-order chi connectivity index (χ0) is 25.1. The van der Waals surface area contributed by atoms with E-state index in [0.717, 1.165) is 5.56 Å². The third kappa shape index (κ3) is 3.29. The van der Waals surface area contributed by atoms with Crippen molar-refractivity contribution in [3.63, 3.8) is 0 Å². The van der Waals surface area contributed by atoms with Gasteiger partial charge in [0.2, 0.25) is 0 Å². The third-order valence-electron chi connectivity index (χ3n) is 7.49. The summed E-state index contributed by atoms with van der Waals surface area (Å²) in [5, 5.41) is 5.13. The predicted molar refractivity (Wildman–Crippen MR) is 162 cm³/mol. The molecule has 5 aromatic carbocycles. The maximum Gasteiger partial charge on any atom is 0.0547 e. The number of benzene rings is 5. The fourth-order valence-electron chi connectivity index (χ4n) is 5.68. The molecule has 3 heteroatoms. The van der Waals surface area contributed by atoms with Gasteiger partial charge in [-0.05, 0) is 65.2 Å². The van der Waals surface area contributed by atoms with Gasteiger partial charge in [0.15, 0.2) is 0 Å². The molecule has 0 aliphatic heterocycles. The first-order valence-corrected chi connectivity index (χ1v) is 13.6. The Bertz CT molecular complexity index is 2120. The summed E-state index contributed by atoms with van der Waals surface area (Å²) in [5.41, 5.74) is 8.34. The second kappa shape index (κ2) is 8.41. The number of thiophene rings is 1. The molecule has 0 N–H and O–H groups in total. The van der Waals surface area contributed by atoms with Crippen LogP contribution in [-0.2, 0) is 0 Å².